The number of benzene rings is 2. The lowest BCUT2D eigenvalue weighted by atomic mass is 10.1. The van der Waals surface area contributed by atoms with Crippen molar-refractivity contribution in [3.8, 4) is 6.07 Å². The van der Waals surface area contributed by atoms with Crippen molar-refractivity contribution in [2.45, 2.75) is 6.54 Å². The molecule has 0 amide bonds. The van der Waals surface area contributed by atoms with Gasteiger partial charge < -0.3 is 4.90 Å². The van der Waals surface area contributed by atoms with Crippen molar-refractivity contribution in [1.29, 1.82) is 5.26 Å². The molecule has 2 aromatic carbocycles. The third kappa shape index (κ3) is 3.12. The lowest BCUT2D eigenvalue weighted by Crippen LogP contribution is -2.18. The van der Waals surface area contributed by atoms with Crippen LogP contribution in [0.15, 0.2) is 40.9 Å². The summed E-state index contributed by atoms with van der Waals surface area (Å²) in [6.07, 6.45) is 0. The lowest BCUT2D eigenvalue weighted by Gasteiger charge is -2.21. The highest BCUT2D eigenvalue weighted by Gasteiger charge is 2.14. The van der Waals surface area contributed by atoms with E-state index in [0.717, 1.165) is 5.56 Å². The second-order valence-electron chi connectivity index (χ2n) is 4.36. The van der Waals surface area contributed by atoms with Gasteiger partial charge in [0.05, 0.1) is 15.7 Å². The lowest BCUT2D eigenvalue weighted by molar-refractivity contribution is 0.615. The van der Waals surface area contributed by atoms with Gasteiger partial charge in [-0.2, -0.15) is 5.26 Å². The largest absolute Gasteiger partial charge is 0.368 e. The third-order valence-electron chi connectivity index (χ3n) is 2.90. The van der Waals surface area contributed by atoms with E-state index in [-0.39, 0.29) is 10.0 Å². The summed E-state index contributed by atoms with van der Waals surface area (Å²) in [5.41, 5.74) is 1.69. The van der Waals surface area contributed by atoms with Gasteiger partial charge in [0.15, 0.2) is 5.82 Å². The van der Waals surface area contributed by atoms with Gasteiger partial charge >= 0.3 is 0 Å². The molecule has 0 aromatic heterocycles. The van der Waals surface area contributed by atoms with Gasteiger partial charge in [-0.1, -0.05) is 23.7 Å². The Bertz CT molecular complexity index is 682. The fourth-order valence-electron chi connectivity index (χ4n) is 1.91. The van der Waals surface area contributed by atoms with E-state index in [1.54, 1.807) is 30.1 Å². The molecule has 0 atom stereocenters. The fraction of sp³-hybridized carbons (Fsp3) is 0.133. The predicted molar refractivity (Wildman–Crippen MR) is 82.4 cm³/mol. The molecule has 0 aliphatic carbocycles. The molecule has 0 spiro atoms. The minimum atomic E-state index is -0.437. The number of nitrogens with zero attached hydrogens (tertiary/aromatic N) is 2. The Labute approximate surface area is 130 Å². The maximum absolute atomic E-state index is 14.2. The molecule has 2 aromatic rings. The summed E-state index contributed by atoms with van der Waals surface area (Å²) in [6.45, 7) is 0.524. The Hall–Kier alpha value is -1.57. The van der Waals surface area contributed by atoms with Crippen LogP contribution in [-0.2, 0) is 6.54 Å². The van der Waals surface area contributed by atoms with E-state index < -0.39 is 5.82 Å². The quantitative estimate of drug-likeness (QED) is 0.796. The Morgan fingerprint density at radius 1 is 1.35 bits per heavy atom. The van der Waals surface area contributed by atoms with Gasteiger partial charge in [-0.25, -0.2) is 4.39 Å². The molecule has 0 saturated carbocycles. The van der Waals surface area contributed by atoms with Crippen LogP contribution in [-0.4, -0.2) is 7.05 Å². The van der Waals surface area contributed by atoms with Gasteiger partial charge in [0.2, 0.25) is 0 Å². The Kier molecular flexibility index (Phi) is 4.64. The SMILES string of the molecule is CN(Cc1cccc(Cl)c1)c1ccc(C#N)c(Br)c1F. The summed E-state index contributed by atoms with van der Waals surface area (Å²) in [4.78, 5) is 1.77. The van der Waals surface area contributed by atoms with E-state index in [1.807, 2.05) is 24.3 Å². The first-order valence-corrected chi connectivity index (χ1v) is 7.03. The molecule has 20 heavy (non-hydrogen) atoms. The van der Waals surface area contributed by atoms with Crippen LogP contribution in [0, 0.1) is 17.1 Å². The van der Waals surface area contributed by atoms with Crippen LogP contribution in [0.3, 0.4) is 0 Å². The zero-order chi connectivity index (χ0) is 14.7. The predicted octanol–water partition coefficient (Wildman–Crippen LogP) is 4.75. The zero-order valence-electron chi connectivity index (χ0n) is 10.7. The zero-order valence-corrected chi connectivity index (χ0v) is 13.0. The molecular weight excluding hydrogens is 343 g/mol. The number of anilines is 1. The third-order valence-corrected chi connectivity index (χ3v) is 3.91. The smallest absolute Gasteiger partial charge is 0.161 e. The summed E-state index contributed by atoms with van der Waals surface area (Å²) < 4.78 is 14.4. The Morgan fingerprint density at radius 3 is 2.75 bits per heavy atom. The number of hydrogen-bond acceptors (Lipinski definition) is 2. The number of rotatable bonds is 3. The summed E-state index contributed by atoms with van der Waals surface area (Å²) >= 11 is 9.05. The van der Waals surface area contributed by atoms with Gasteiger partial charge in [-0.05, 0) is 45.8 Å². The molecule has 0 aliphatic rings. The minimum Gasteiger partial charge on any atom is -0.368 e. The first-order chi connectivity index (χ1) is 9.52. The molecule has 0 saturated heterocycles. The molecule has 0 N–H and O–H groups in total. The van der Waals surface area contributed by atoms with Crippen LogP contribution >= 0.6 is 27.5 Å². The Morgan fingerprint density at radius 2 is 2.10 bits per heavy atom. The molecule has 0 unspecified atom stereocenters. The molecule has 0 aliphatic heterocycles. The monoisotopic (exact) mass is 352 g/mol. The normalized spacial score (nSPS) is 10.2. The highest BCUT2D eigenvalue weighted by molar-refractivity contribution is 9.10. The molecule has 2 rings (SSSR count). The molecule has 0 fully saturated rings. The second kappa shape index (κ2) is 6.25. The summed E-state index contributed by atoms with van der Waals surface area (Å²) in [5, 5.41) is 9.51. The molecular formula is C15H11BrClFN2. The van der Waals surface area contributed by atoms with E-state index in [1.165, 1.54) is 0 Å². The number of hydrogen-bond donors (Lipinski definition) is 0. The average Bonchev–Trinajstić information content (AvgIpc) is 2.41. The van der Waals surface area contributed by atoms with Crippen molar-refractivity contribution >= 4 is 33.2 Å². The molecule has 2 nitrogen and oxygen atoms in total. The van der Waals surface area contributed by atoms with E-state index in [2.05, 4.69) is 15.9 Å². The van der Waals surface area contributed by atoms with Gasteiger partial charge in [0.25, 0.3) is 0 Å². The van der Waals surface area contributed by atoms with E-state index in [4.69, 9.17) is 16.9 Å². The summed E-state index contributed by atoms with van der Waals surface area (Å²) in [7, 11) is 1.79. The van der Waals surface area contributed by atoms with Crippen molar-refractivity contribution in [1.82, 2.24) is 0 Å². The maximum Gasteiger partial charge on any atom is 0.161 e. The molecule has 5 heteroatoms. The van der Waals surface area contributed by atoms with Gasteiger partial charge in [0.1, 0.15) is 6.07 Å². The van der Waals surface area contributed by atoms with Gasteiger partial charge in [0, 0.05) is 18.6 Å². The second-order valence-corrected chi connectivity index (χ2v) is 5.59. The number of halogens is 3. The van der Waals surface area contributed by atoms with Crippen molar-refractivity contribution in [2.75, 3.05) is 11.9 Å². The fourth-order valence-corrected chi connectivity index (χ4v) is 2.55. The van der Waals surface area contributed by atoms with Crippen LogP contribution in [0.5, 0.6) is 0 Å². The maximum atomic E-state index is 14.2. The number of nitriles is 1. The molecule has 0 bridgehead atoms. The molecule has 102 valence electrons. The van der Waals surface area contributed by atoms with Crippen LogP contribution in [0.4, 0.5) is 10.1 Å². The molecule has 0 heterocycles. The first-order valence-electron chi connectivity index (χ1n) is 5.86. The average molecular weight is 354 g/mol. The van der Waals surface area contributed by atoms with Crippen LogP contribution in [0.25, 0.3) is 0 Å². The van der Waals surface area contributed by atoms with Crippen molar-refractivity contribution in [2.24, 2.45) is 0 Å². The van der Waals surface area contributed by atoms with Crippen LogP contribution < -0.4 is 4.90 Å². The minimum absolute atomic E-state index is 0.190. The van der Waals surface area contributed by atoms with E-state index in [0.29, 0.717) is 17.3 Å². The first kappa shape index (κ1) is 14.8. The summed E-state index contributed by atoms with van der Waals surface area (Å²) in [6, 6.07) is 12.6. The van der Waals surface area contributed by atoms with E-state index in [9.17, 15) is 4.39 Å². The van der Waals surface area contributed by atoms with Crippen LogP contribution in [0.2, 0.25) is 5.02 Å². The van der Waals surface area contributed by atoms with Crippen molar-refractivity contribution in [3.05, 3.63) is 62.8 Å². The molecule has 0 radical (unpaired) electrons. The van der Waals surface area contributed by atoms with Crippen molar-refractivity contribution in [3.63, 3.8) is 0 Å². The Balaban J connectivity index is 2.28. The topological polar surface area (TPSA) is 27.0 Å². The van der Waals surface area contributed by atoms with Crippen molar-refractivity contribution < 1.29 is 4.39 Å². The standard InChI is InChI=1S/C15H11BrClFN2/c1-20(9-10-3-2-4-12(17)7-10)13-6-5-11(8-19)14(16)15(13)18/h2-7H,9H2,1H3. The van der Waals surface area contributed by atoms with E-state index >= 15 is 0 Å². The highest BCUT2D eigenvalue weighted by atomic mass is 79.9. The summed E-state index contributed by atoms with van der Waals surface area (Å²) in [5.74, 6) is -0.437. The van der Waals surface area contributed by atoms with Gasteiger partial charge in [-0.15, -0.1) is 0 Å². The highest BCUT2D eigenvalue weighted by Crippen LogP contribution is 2.29. The van der Waals surface area contributed by atoms with Crippen LogP contribution in [0.1, 0.15) is 11.1 Å². The van der Waals surface area contributed by atoms with Gasteiger partial charge in [-0.3, -0.25) is 0 Å².